The van der Waals surface area contributed by atoms with Crippen LogP contribution in [-0.2, 0) is 0 Å². The molecule has 1 fully saturated rings. The van der Waals surface area contributed by atoms with Crippen molar-refractivity contribution >= 4 is 5.69 Å². The Labute approximate surface area is 88.3 Å². The van der Waals surface area contributed by atoms with Crippen LogP contribution in [0.3, 0.4) is 0 Å². The highest BCUT2D eigenvalue weighted by Crippen LogP contribution is 2.39. The summed E-state index contributed by atoms with van der Waals surface area (Å²) in [4.78, 5) is 0. The second-order valence-corrected chi connectivity index (χ2v) is 4.10. The molecule has 0 amide bonds. The number of nitrogen functional groups attached to an aromatic ring is 1. The fraction of sp³-hybridized carbons (Fsp3) is 0.250. The molecule has 0 unspecified atom stereocenters. The molecule has 3 nitrogen and oxygen atoms in total. The Hall–Kier alpha value is -1.77. The van der Waals surface area contributed by atoms with Crippen LogP contribution in [-0.4, -0.2) is 10.2 Å². The van der Waals surface area contributed by atoms with Gasteiger partial charge in [0, 0.05) is 22.9 Å². The summed E-state index contributed by atoms with van der Waals surface area (Å²) in [5, 5.41) is 7.41. The topological polar surface area (TPSA) is 54.7 Å². The summed E-state index contributed by atoms with van der Waals surface area (Å²) in [6, 6.07) is 9.95. The molecule has 0 bridgehead atoms. The minimum Gasteiger partial charge on any atom is -0.399 e. The molecule has 0 atom stereocenters. The third kappa shape index (κ3) is 1.61. The van der Waals surface area contributed by atoms with Crippen LogP contribution in [0.15, 0.2) is 30.3 Å². The lowest BCUT2D eigenvalue weighted by molar-refractivity contribution is 0.967. The zero-order chi connectivity index (χ0) is 10.3. The average Bonchev–Trinajstić information content (AvgIpc) is 2.99. The lowest BCUT2D eigenvalue weighted by atomic mass is 10.1. The van der Waals surface area contributed by atoms with Crippen LogP contribution >= 0.6 is 0 Å². The van der Waals surface area contributed by atoms with Gasteiger partial charge >= 0.3 is 0 Å². The Balaban J connectivity index is 1.93. The zero-order valence-corrected chi connectivity index (χ0v) is 8.40. The number of nitrogens with two attached hydrogens (primary N) is 1. The van der Waals surface area contributed by atoms with Gasteiger partial charge in [0.25, 0.3) is 0 Å². The van der Waals surface area contributed by atoms with E-state index in [1.54, 1.807) is 0 Å². The van der Waals surface area contributed by atoms with Crippen molar-refractivity contribution in [3.8, 4) is 11.3 Å². The first kappa shape index (κ1) is 8.53. The molecule has 15 heavy (non-hydrogen) atoms. The van der Waals surface area contributed by atoms with Crippen molar-refractivity contribution in [2.45, 2.75) is 18.8 Å². The maximum atomic E-state index is 5.64. The molecule has 1 aromatic heterocycles. The second-order valence-electron chi connectivity index (χ2n) is 4.10. The van der Waals surface area contributed by atoms with Crippen LogP contribution in [0.1, 0.15) is 24.5 Å². The molecule has 0 spiro atoms. The smallest absolute Gasteiger partial charge is 0.0923 e. The first-order chi connectivity index (χ1) is 7.33. The average molecular weight is 199 g/mol. The standard InChI is InChI=1S/C12H13N3/c13-10-5-3-9(4-6-10)12-7-11(14-15-12)8-1-2-8/h3-8H,1-2,13H2,(H,14,15). The fourth-order valence-corrected chi connectivity index (χ4v) is 1.74. The highest BCUT2D eigenvalue weighted by Gasteiger charge is 2.25. The Morgan fingerprint density at radius 3 is 2.60 bits per heavy atom. The van der Waals surface area contributed by atoms with Crippen molar-refractivity contribution in [3.05, 3.63) is 36.0 Å². The van der Waals surface area contributed by atoms with Crippen molar-refractivity contribution in [2.24, 2.45) is 0 Å². The van der Waals surface area contributed by atoms with E-state index in [0.717, 1.165) is 22.9 Å². The molecule has 0 saturated heterocycles. The molecule has 1 saturated carbocycles. The van der Waals surface area contributed by atoms with E-state index in [1.807, 2.05) is 24.3 Å². The van der Waals surface area contributed by atoms with Gasteiger partial charge in [0.2, 0.25) is 0 Å². The number of rotatable bonds is 2. The summed E-state index contributed by atoms with van der Waals surface area (Å²) in [5.41, 5.74) is 9.82. The van der Waals surface area contributed by atoms with Gasteiger partial charge in [0.05, 0.1) is 5.69 Å². The third-order valence-corrected chi connectivity index (χ3v) is 2.82. The van der Waals surface area contributed by atoms with E-state index in [1.165, 1.54) is 18.5 Å². The van der Waals surface area contributed by atoms with E-state index in [-0.39, 0.29) is 0 Å². The largest absolute Gasteiger partial charge is 0.399 e. The molecule has 3 N–H and O–H groups in total. The fourth-order valence-electron chi connectivity index (χ4n) is 1.74. The van der Waals surface area contributed by atoms with Crippen LogP contribution in [0.25, 0.3) is 11.3 Å². The third-order valence-electron chi connectivity index (χ3n) is 2.82. The van der Waals surface area contributed by atoms with Gasteiger partial charge in [0.15, 0.2) is 0 Å². The number of nitrogens with zero attached hydrogens (tertiary/aromatic N) is 1. The number of aromatic amines is 1. The Morgan fingerprint density at radius 2 is 1.93 bits per heavy atom. The number of nitrogens with one attached hydrogen (secondary N) is 1. The number of anilines is 1. The molecule has 1 aromatic carbocycles. The van der Waals surface area contributed by atoms with Gasteiger partial charge in [-0.25, -0.2) is 0 Å². The lowest BCUT2D eigenvalue weighted by Crippen LogP contribution is -1.83. The van der Waals surface area contributed by atoms with Gasteiger partial charge in [-0.3, -0.25) is 5.10 Å². The lowest BCUT2D eigenvalue weighted by Gasteiger charge is -1.96. The predicted molar refractivity (Wildman–Crippen MR) is 60.4 cm³/mol. The summed E-state index contributed by atoms with van der Waals surface area (Å²) in [7, 11) is 0. The van der Waals surface area contributed by atoms with Gasteiger partial charge in [-0.15, -0.1) is 0 Å². The summed E-state index contributed by atoms with van der Waals surface area (Å²) in [5.74, 6) is 0.722. The van der Waals surface area contributed by atoms with Crippen molar-refractivity contribution in [1.29, 1.82) is 0 Å². The maximum absolute atomic E-state index is 5.64. The van der Waals surface area contributed by atoms with E-state index < -0.39 is 0 Å². The molecule has 1 aliphatic rings. The number of hydrogen-bond donors (Lipinski definition) is 2. The van der Waals surface area contributed by atoms with Crippen LogP contribution in [0.4, 0.5) is 5.69 Å². The first-order valence-electron chi connectivity index (χ1n) is 5.24. The highest BCUT2D eigenvalue weighted by molar-refractivity contribution is 5.62. The normalized spacial score (nSPS) is 15.5. The monoisotopic (exact) mass is 199 g/mol. The number of aromatic nitrogens is 2. The predicted octanol–water partition coefficient (Wildman–Crippen LogP) is 2.54. The van der Waals surface area contributed by atoms with E-state index in [0.29, 0.717) is 0 Å². The maximum Gasteiger partial charge on any atom is 0.0923 e. The highest BCUT2D eigenvalue weighted by atomic mass is 15.1. The van der Waals surface area contributed by atoms with E-state index >= 15 is 0 Å². The van der Waals surface area contributed by atoms with Crippen molar-refractivity contribution in [1.82, 2.24) is 10.2 Å². The van der Waals surface area contributed by atoms with Gasteiger partial charge in [-0.1, -0.05) is 12.1 Å². The summed E-state index contributed by atoms with van der Waals surface area (Å²) >= 11 is 0. The quantitative estimate of drug-likeness (QED) is 0.730. The SMILES string of the molecule is Nc1ccc(-c2cc(C3CC3)[nH]n2)cc1. The molecular formula is C12H13N3. The van der Waals surface area contributed by atoms with Crippen LogP contribution in [0, 0.1) is 0 Å². The number of H-pyrrole nitrogens is 1. The van der Waals surface area contributed by atoms with Gasteiger partial charge < -0.3 is 5.73 Å². The van der Waals surface area contributed by atoms with Crippen molar-refractivity contribution < 1.29 is 0 Å². The molecule has 0 aliphatic heterocycles. The van der Waals surface area contributed by atoms with Crippen LogP contribution in [0.2, 0.25) is 0 Å². The minimum atomic E-state index is 0.722. The molecule has 3 rings (SSSR count). The van der Waals surface area contributed by atoms with Crippen LogP contribution < -0.4 is 5.73 Å². The van der Waals surface area contributed by atoms with Crippen molar-refractivity contribution in [3.63, 3.8) is 0 Å². The number of benzene rings is 1. The summed E-state index contributed by atoms with van der Waals surface area (Å²) in [6.45, 7) is 0. The molecule has 1 heterocycles. The van der Waals surface area contributed by atoms with E-state index in [2.05, 4.69) is 16.3 Å². The Morgan fingerprint density at radius 1 is 1.20 bits per heavy atom. The minimum absolute atomic E-state index is 0.722. The Kier molecular flexibility index (Phi) is 1.78. The molecule has 76 valence electrons. The van der Waals surface area contributed by atoms with Crippen molar-refractivity contribution in [2.75, 3.05) is 5.73 Å². The molecule has 0 radical (unpaired) electrons. The first-order valence-corrected chi connectivity index (χ1v) is 5.24. The summed E-state index contributed by atoms with van der Waals surface area (Å²) in [6.07, 6.45) is 2.59. The van der Waals surface area contributed by atoms with E-state index in [4.69, 9.17) is 5.73 Å². The second kappa shape index (κ2) is 3.12. The van der Waals surface area contributed by atoms with Gasteiger partial charge in [0.1, 0.15) is 0 Å². The zero-order valence-electron chi connectivity index (χ0n) is 8.40. The summed E-state index contributed by atoms with van der Waals surface area (Å²) < 4.78 is 0. The van der Waals surface area contributed by atoms with E-state index in [9.17, 15) is 0 Å². The van der Waals surface area contributed by atoms with Gasteiger partial charge in [-0.05, 0) is 31.0 Å². The Bertz CT molecular complexity index is 466. The van der Waals surface area contributed by atoms with Gasteiger partial charge in [-0.2, -0.15) is 5.10 Å². The number of hydrogen-bond acceptors (Lipinski definition) is 2. The molecular weight excluding hydrogens is 186 g/mol. The van der Waals surface area contributed by atoms with Crippen LogP contribution in [0.5, 0.6) is 0 Å². The molecule has 3 heteroatoms. The molecule has 1 aliphatic carbocycles. The molecule has 2 aromatic rings.